The first-order chi connectivity index (χ1) is 9.70. The molecule has 1 heterocycles. The lowest BCUT2D eigenvalue weighted by Crippen LogP contribution is -2.24. The summed E-state index contributed by atoms with van der Waals surface area (Å²) in [5, 5.41) is 0.409. The molecule has 0 aliphatic heterocycles. The number of carbonyl (C=O) groups is 1. The van der Waals surface area contributed by atoms with Crippen molar-refractivity contribution in [1.29, 1.82) is 0 Å². The van der Waals surface area contributed by atoms with Gasteiger partial charge in [0.15, 0.2) is 0 Å². The fourth-order valence-electron chi connectivity index (χ4n) is 1.56. The predicted octanol–water partition coefficient (Wildman–Crippen LogP) is 2.61. The second-order valence-corrected chi connectivity index (χ2v) is 4.30. The van der Waals surface area contributed by atoms with Crippen LogP contribution in [0.2, 0.25) is 5.15 Å². The molecule has 0 unspecified atom stereocenters. The minimum absolute atomic E-state index is 0.199. The summed E-state index contributed by atoms with van der Waals surface area (Å²) >= 11 is 5.67. The quantitative estimate of drug-likeness (QED) is 0.680. The molecule has 0 atom stereocenters. The first kappa shape index (κ1) is 14.3. The number of amides is 1. The monoisotopic (exact) mass is 292 g/mol. The topological polar surface area (TPSA) is 60.5 Å². The van der Waals surface area contributed by atoms with Crippen molar-refractivity contribution < 1.29 is 14.4 Å². The van der Waals surface area contributed by atoms with E-state index >= 15 is 0 Å². The molecule has 1 aromatic heterocycles. The number of hydrogen-bond donors (Lipinski definition) is 1. The third kappa shape index (κ3) is 3.69. The number of para-hydroxylation sites is 1. The highest BCUT2D eigenvalue weighted by Crippen LogP contribution is 2.16. The van der Waals surface area contributed by atoms with Gasteiger partial charge in [0.2, 0.25) is 0 Å². The Morgan fingerprint density at radius 2 is 2.10 bits per heavy atom. The smallest absolute Gasteiger partial charge is 0.278 e. The molecule has 1 aromatic carbocycles. The molecule has 104 valence electrons. The number of halogens is 1. The number of ether oxygens (including phenoxy) is 1. The lowest BCUT2D eigenvalue weighted by atomic mass is 10.2. The van der Waals surface area contributed by atoms with Crippen molar-refractivity contribution in [1.82, 2.24) is 10.5 Å². The number of rotatable bonds is 5. The fourth-order valence-corrected chi connectivity index (χ4v) is 1.68. The third-order valence-corrected chi connectivity index (χ3v) is 2.77. The van der Waals surface area contributed by atoms with Crippen LogP contribution < -0.4 is 10.2 Å². The zero-order valence-corrected chi connectivity index (χ0v) is 11.6. The maximum absolute atomic E-state index is 11.9. The number of nitrogens with zero attached hydrogens (tertiary/aromatic N) is 1. The minimum atomic E-state index is -0.371. The maximum atomic E-state index is 11.9. The van der Waals surface area contributed by atoms with Gasteiger partial charge in [0.25, 0.3) is 5.91 Å². The maximum Gasteiger partial charge on any atom is 0.278 e. The van der Waals surface area contributed by atoms with Crippen LogP contribution in [0.5, 0.6) is 5.75 Å². The molecule has 0 aliphatic carbocycles. The molecule has 1 amide bonds. The Morgan fingerprint density at radius 3 is 2.80 bits per heavy atom. The van der Waals surface area contributed by atoms with E-state index in [1.54, 1.807) is 42.6 Å². The zero-order valence-electron chi connectivity index (χ0n) is 10.8. The Kier molecular flexibility index (Phi) is 4.92. The van der Waals surface area contributed by atoms with Crippen molar-refractivity contribution in [2.24, 2.45) is 0 Å². The van der Waals surface area contributed by atoms with E-state index in [0.717, 1.165) is 5.56 Å². The number of hydroxylamine groups is 1. The Balaban J connectivity index is 1.90. The van der Waals surface area contributed by atoms with E-state index in [1.165, 1.54) is 7.11 Å². The van der Waals surface area contributed by atoms with Gasteiger partial charge in [-0.3, -0.25) is 9.63 Å². The summed E-state index contributed by atoms with van der Waals surface area (Å²) in [7, 11) is 1.51. The molecule has 2 rings (SSSR count). The molecule has 0 radical (unpaired) electrons. The first-order valence-corrected chi connectivity index (χ1v) is 6.24. The molecule has 5 nitrogen and oxygen atoms in total. The molecule has 0 fully saturated rings. The third-order valence-electron chi connectivity index (χ3n) is 2.54. The lowest BCUT2D eigenvalue weighted by molar-refractivity contribution is 0.0230. The molecule has 0 spiro atoms. The second kappa shape index (κ2) is 6.88. The first-order valence-electron chi connectivity index (χ1n) is 5.86. The molecule has 0 aliphatic rings. The molecule has 20 heavy (non-hydrogen) atoms. The standard InChI is InChI=1S/C14H13ClN2O3/c1-19-12-5-3-2-4-11(12)14(18)17-20-9-10-6-7-13(15)16-8-10/h2-8H,9H2,1H3,(H,17,18). The number of carbonyl (C=O) groups excluding carboxylic acids is 1. The van der Waals surface area contributed by atoms with Gasteiger partial charge in [-0.25, -0.2) is 10.5 Å². The Morgan fingerprint density at radius 1 is 1.30 bits per heavy atom. The number of methoxy groups -OCH3 is 1. The molecule has 0 bridgehead atoms. The van der Waals surface area contributed by atoms with Crippen molar-refractivity contribution in [3.8, 4) is 5.75 Å². The van der Waals surface area contributed by atoms with Gasteiger partial charge < -0.3 is 4.74 Å². The summed E-state index contributed by atoms with van der Waals surface area (Å²) in [4.78, 5) is 21.0. The normalized spacial score (nSPS) is 10.1. The van der Waals surface area contributed by atoms with Gasteiger partial charge in [-0.05, 0) is 23.8 Å². The molecular formula is C14H13ClN2O3. The van der Waals surface area contributed by atoms with Gasteiger partial charge in [0, 0.05) is 6.20 Å². The van der Waals surface area contributed by atoms with Crippen molar-refractivity contribution >= 4 is 17.5 Å². The van der Waals surface area contributed by atoms with E-state index in [-0.39, 0.29) is 12.5 Å². The van der Waals surface area contributed by atoms with E-state index in [9.17, 15) is 4.79 Å². The number of pyridine rings is 1. The van der Waals surface area contributed by atoms with E-state index in [2.05, 4.69) is 10.5 Å². The zero-order chi connectivity index (χ0) is 14.4. The number of hydrogen-bond acceptors (Lipinski definition) is 4. The molecule has 0 saturated heterocycles. The average molecular weight is 293 g/mol. The number of aromatic nitrogens is 1. The van der Waals surface area contributed by atoms with Crippen LogP contribution in [0.25, 0.3) is 0 Å². The van der Waals surface area contributed by atoms with E-state index in [1.807, 2.05) is 0 Å². The summed E-state index contributed by atoms with van der Waals surface area (Å²) < 4.78 is 5.10. The van der Waals surface area contributed by atoms with Crippen LogP contribution in [0.3, 0.4) is 0 Å². The predicted molar refractivity (Wildman–Crippen MR) is 74.5 cm³/mol. The van der Waals surface area contributed by atoms with Gasteiger partial charge in [0.1, 0.15) is 17.5 Å². The molecule has 2 aromatic rings. The van der Waals surface area contributed by atoms with Crippen LogP contribution in [-0.2, 0) is 11.4 Å². The van der Waals surface area contributed by atoms with Crippen LogP contribution in [0, 0.1) is 0 Å². The molecule has 6 heteroatoms. The summed E-state index contributed by atoms with van der Waals surface area (Å²) in [6.45, 7) is 0.199. The van der Waals surface area contributed by atoms with E-state index < -0.39 is 0 Å². The van der Waals surface area contributed by atoms with E-state index in [0.29, 0.717) is 16.5 Å². The molecule has 0 saturated carbocycles. The minimum Gasteiger partial charge on any atom is -0.496 e. The summed E-state index contributed by atoms with van der Waals surface area (Å²) in [6, 6.07) is 10.3. The van der Waals surface area contributed by atoms with Gasteiger partial charge in [-0.1, -0.05) is 29.8 Å². The van der Waals surface area contributed by atoms with Crippen LogP contribution in [0.15, 0.2) is 42.6 Å². The van der Waals surface area contributed by atoms with Gasteiger partial charge >= 0.3 is 0 Å². The van der Waals surface area contributed by atoms with Crippen LogP contribution in [0.1, 0.15) is 15.9 Å². The second-order valence-electron chi connectivity index (χ2n) is 3.91. The largest absolute Gasteiger partial charge is 0.496 e. The highest BCUT2D eigenvalue weighted by atomic mass is 35.5. The summed E-state index contributed by atoms with van der Waals surface area (Å²) in [5.41, 5.74) is 3.56. The summed E-state index contributed by atoms with van der Waals surface area (Å²) in [6.07, 6.45) is 1.58. The van der Waals surface area contributed by atoms with Crippen molar-refractivity contribution in [3.05, 3.63) is 58.9 Å². The number of benzene rings is 1. The molecular weight excluding hydrogens is 280 g/mol. The highest BCUT2D eigenvalue weighted by Gasteiger charge is 2.11. The van der Waals surface area contributed by atoms with Crippen LogP contribution in [0.4, 0.5) is 0 Å². The number of nitrogens with one attached hydrogen (secondary N) is 1. The van der Waals surface area contributed by atoms with E-state index in [4.69, 9.17) is 21.2 Å². The lowest BCUT2D eigenvalue weighted by Gasteiger charge is -2.09. The van der Waals surface area contributed by atoms with Crippen LogP contribution >= 0.6 is 11.6 Å². The Bertz CT molecular complexity index is 587. The fraction of sp³-hybridized carbons (Fsp3) is 0.143. The summed E-state index contributed by atoms with van der Waals surface area (Å²) in [5.74, 6) is 0.117. The molecule has 1 N–H and O–H groups in total. The SMILES string of the molecule is COc1ccccc1C(=O)NOCc1ccc(Cl)nc1. The van der Waals surface area contributed by atoms with Crippen LogP contribution in [-0.4, -0.2) is 18.0 Å². The van der Waals surface area contributed by atoms with Gasteiger partial charge in [0.05, 0.1) is 12.7 Å². The Labute approximate surface area is 121 Å². The van der Waals surface area contributed by atoms with Crippen molar-refractivity contribution in [2.75, 3.05) is 7.11 Å². The highest BCUT2D eigenvalue weighted by molar-refractivity contribution is 6.29. The van der Waals surface area contributed by atoms with Gasteiger partial charge in [-0.15, -0.1) is 0 Å². The van der Waals surface area contributed by atoms with Crippen molar-refractivity contribution in [3.63, 3.8) is 0 Å². The van der Waals surface area contributed by atoms with Crippen molar-refractivity contribution in [2.45, 2.75) is 6.61 Å². The average Bonchev–Trinajstić information content (AvgIpc) is 2.49. The Hall–Kier alpha value is -2.11. The van der Waals surface area contributed by atoms with Gasteiger partial charge in [-0.2, -0.15) is 0 Å².